The minimum absolute atomic E-state index is 0.139. The third-order valence-corrected chi connectivity index (χ3v) is 3.04. The number of thiophene rings is 1. The van der Waals surface area contributed by atoms with Crippen LogP contribution in [0.5, 0.6) is 0 Å². The molecular formula is C10H12O6S. The molecule has 0 saturated carbocycles. The zero-order valence-corrected chi connectivity index (χ0v) is 10.1. The van der Waals surface area contributed by atoms with E-state index in [1.807, 2.05) is 0 Å². The van der Waals surface area contributed by atoms with E-state index in [1.165, 1.54) is 13.2 Å². The number of esters is 2. The van der Waals surface area contributed by atoms with E-state index in [4.69, 9.17) is 0 Å². The first-order valence-corrected chi connectivity index (χ1v) is 5.50. The standard InChI is InChI=1S/C10H12O6S/c1-15-9(13)7(12)6(11)5-3-4-17-8(5)10(14)16-2/h3-4,6-7,11-12H,1-2H3. The van der Waals surface area contributed by atoms with Crippen molar-refractivity contribution in [3.8, 4) is 0 Å². The summed E-state index contributed by atoms with van der Waals surface area (Å²) in [6.07, 6.45) is -3.26. The zero-order valence-electron chi connectivity index (χ0n) is 9.25. The smallest absolute Gasteiger partial charge is 0.348 e. The lowest BCUT2D eigenvalue weighted by atomic mass is 10.1. The van der Waals surface area contributed by atoms with Gasteiger partial charge in [-0.25, -0.2) is 9.59 Å². The van der Waals surface area contributed by atoms with E-state index < -0.39 is 24.1 Å². The molecule has 0 spiro atoms. The van der Waals surface area contributed by atoms with Crippen molar-refractivity contribution in [2.24, 2.45) is 0 Å². The molecule has 1 aromatic rings. The van der Waals surface area contributed by atoms with Crippen LogP contribution < -0.4 is 0 Å². The Morgan fingerprint density at radius 3 is 2.47 bits per heavy atom. The maximum absolute atomic E-state index is 11.3. The lowest BCUT2D eigenvalue weighted by Crippen LogP contribution is -2.29. The second-order valence-electron chi connectivity index (χ2n) is 3.11. The highest BCUT2D eigenvalue weighted by Gasteiger charge is 2.30. The van der Waals surface area contributed by atoms with Gasteiger partial charge in [0.1, 0.15) is 11.0 Å². The Morgan fingerprint density at radius 2 is 1.94 bits per heavy atom. The average molecular weight is 260 g/mol. The Labute approximate surface area is 101 Å². The van der Waals surface area contributed by atoms with Gasteiger partial charge in [0.05, 0.1) is 14.2 Å². The molecule has 7 heteroatoms. The second-order valence-corrected chi connectivity index (χ2v) is 4.03. The van der Waals surface area contributed by atoms with E-state index >= 15 is 0 Å². The number of carbonyl (C=O) groups is 2. The number of aliphatic hydroxyl groups is 2. The highest BCUT2D eigenvalue weighted by molar-refractivity contribution is 7.12. The summed E-state index contributed by atoms with van der Waals surface area (Å²) in [7, 11) is 2.29. The van der Waals surface area contributed by atoms with Crippen molar-refractivity contribution in [2.75, 3.05) is 14.2 Å². The molecule has 0 radical (unpaired) electrons. The number of carbonyl (C=O) groups excluding carboxylic acids is 2. The maximum atomic E-state index is 11.3. The van der Waals surface area contributed by atoms with Crippen LogP contribution in [0.1, 0.15) is 21.3 Å². The van der Waals surface area contributed by atoms with Gasteiger partial charge in [0, 0.05) is 5.56 Å². The minimum atomic E-state index is -1.74. The third kappa shape index (κ3) is 2.82. The predicted molar refractivity (Wildman–Crippen MR) is 58.6 cm³/mol. The summed E-state index contributed by atoms with van der Waals surface area (Å²) in [6.45, 7) is 0. The topological polar surface area (TPSA) is 93.1 Å². The minimum Gasteiger partial charge on any atom is -0.467 e. The second kappa shape index (κ2) is 5.76. The van der Waals surface area contributed by atoms with E-state index in [0.717, 1.165) is 18.4 Å². The van der Waals surface area contributed by atoms with E-state index in [-0.39, 0.29) is 10.4 Å². The first kappa shape index (κ1) is 13.6. The predicted octanol–water partition coefficient (Wildman–Crippen LogP) is 0.102. The Kier molecular flexibility index (Phi) is 4.62. The van der Waals surface area contributed by atoms with Crippen molar-refractivity contribution in [1.29, 1.82) is 0 Å². The summed E-state index contributed by atoms with van der Waals surface area (Å²) in [5.74, 6) is -1.61. The number of ether oxygens (including phenoxy) is 2. The molecular weight excluding hydrogens is 248 g/mol. The van der Waals surface area contributed by atoms with Gasteiger partial charge < -0.3 is 19.7 Å². The molecule has 0 fully saturated rings. The first-order valence-electron chi connectivity index (χ1n) is 4.62. The molecule has 1 heterocycles. The molecule has 0 aliphatic carbocycles. The molecule has 2 N–H and O–H groups in total. The summed E-state index contributed by atoms with van der Waals surface area (Å²) in [6, 6.07) is 1.44. The highest BCUT2D eigenvalue weighted by Crippen LogP contribution is 2.26. The van der Waals surface area contributed by atoms with Crippen LogP contribution in [0.15, 0.2) is 11.4 Å². The van der Waals surface area contributed by atoms with E-state index in [0.29, 0.717) is 0 Å². The highest BCUT2D eigenvalue weighted by atomic mass is 32.1. The molecule has 0 bridgehead atoms. The van der Waals surface area contributed by atoms with Crippen molar-refractivity contribution in [3.05, 3.63) is 21.9 Å². The van der Waals surface area contributed by atoms with E-state index in [1.54, 1.807) is 5.38 Å². The molecule has 94 valence electrons. The number of aliphatic hydroxyl groups excluding tert-OH is 2. The molecule has 0 aliphatic rings. The van der Waals surface area contributed by atoms with Crippen LogP contribution in [0.2, 0.25) is 0 Å². The maximum Gasteiger partial charge on any atom is 0.348 e. The lowest BCUT2D eigenvalue weighted by molar-refractivity contribution is -0.156. The number of hydrogen-bond donors (Lipinski definition) is 2. The Bertz CT molecular complexity index is 413. The van der Waals surface area contributed by atoms with Gasteiger partial charge in [-0.1, -0.05) is 0 Å². The molecule has 0 amide bonds. The monoisotopic (exact) mass is 260 g/mol. The van der Waals surface area contributed by atoms with Crippen molar-refractivity contribution in [3.63, 3.8) is 0 Å². The third-order valence-electron chi connectivity index (χ3n) is 2.13. The number of methoxy groups -OCH3 is 2. The van der Waals surface area contributed by atoms with Gasteiger partial charge in [-0.05, 0) is 11.4 Å². The van der Waals surface area contributed by atoms with Gasteiger partial charge in [-0.2, -0.15) is 0 Å². The largest absolute Gasteiger partial charge is 0.467 e. The SMILES string of the molecule is COC(=O)c1sccc1C(O)C(O)C(=O)OC. The summed E-state index contributed by atoms with van der Waals surface area (Å²) < 4.78 is 8.81. The summed E-state index contributed by atoms with van der Waals surface area (Å²) in [5, 5.41) is 20.8. The van der Waals surface area contributed by atoms with Crippen LogP contribution in [0, 0.1) is 0 Å². The summed E-state index contributed by atoms with van der Waals surface area (Å²) >= 11 is 1.05. The summed E-state index contributed by atoms with van der Waals surface area (Å²) in [5.41, 5.74) is 0.139. The van der Waals surface area contributed by atoms with Gasteiger partial charge in [-0.3, -0.25) is 0 Å². The van der Waals surface area contributed by atoms with Crippen LogP contribution >= 0.6 is 11.3 Å². The fourth-order valence-corrected chi connectivity index (χ4v) is 2.09. The molecule has 0 saturated heterocycles. The van der Waals surface area contributed by atoms with Crippen LogP contribution in [-0.4, -0.2) is 42.5 Å². The summed E-state index contributed by atoms with van der Waals surface area (Å²) in [4.78, 5) is 22.5. The van der Waals surface area contributed by atoms with Crippen LogP contribution in [0.3, 0.4) is 0 Å². The zero-order chi connectivity index (χ0) is 13.0. The lowest BCUT2D eigenvalue weighted by Gasteiger charge is -2.15. The molecule has 0 aliphatic heterocycles. The Morgan fingerprint density at radius 1 is 1.29 bits per heavy atom. The van der Waals surface area contributed by atoms with E-state index in [9.17, 15) is 19.8 Å². The van der Waals surface area contributed by atoms with Gasteiger partial charge in [0.25, 0.3) is 0 Å². The average Bonchev–Trinajstić information content (AvgIpc) is 2.83. The van der Waals surface area contributed by atoms with Crippen molar-refractivity contribution < 1.29 is 29.3 Å². The molecule has 1 aromatic heterocycles. The van der Waals surface area contributed by atoms with Crippen LogP contribution in [-0.2, 0) is 14.3 Å². The van der Waals surface area contributed by atoms with Gasteiger partial charge >= 0.3 is 11.9 Å². The van der Waals surface area contributed by atoms with Crippen molar-refractivity contribution in [1.82, 2.24) is 0 Å². The van der Waals surface area contributed by atoms with Crippen molar-refractivity contribution >= 4 is 23.3 Å². The number of hydrogen-bond acceptors (Lipinski definition) is 7. The fraction of sp³-hybridized carbons (Fsp3) is 0.400. The van der Waals surface area contributed by atoms with Gasteiger partial charge in [0.2, 0.25) is 0 Å². The Balaban J connectivity index is 2.96. The fourth-order valence-electron chi connectivity index (χ4n) is 1.23. The normalized spacial score (nSPS) is 13.9. The van der Waals surface area contributed by atoms with Crippen LogP contribution in [0.4, 0.5) is 0 Å². The molecule has 6 nitrogen and oxygen atoms in total. The van der Waals surface area contributed by atoms with Gasteiger partial charge in [-0.15, -0.1) is 11.3 Å². The van der Waals surface area contributed by atoms with Gasteiger partial charge in [0.15, 0.2) is 6.10 Å². The van der Waals surface area contributed by atoms with Crippen molar-refractivity contribution in [2.45, 2.75) is 12.2 Å². The quantitative estimate of drug-likeness (QED) is 0.746. The molecule has 17 heavy (non-hydrogen) atoms. The van der Waals surface area contributed by atoms with Crippen LogP contribution in [0.25, 0.3) is 0 Å². The first-order chi connectivity index (χ1) is 8.02. The molecule has 0 aromatic carbocycles. The Hall–Kier alpha value is -1.44. The molecule has 2 unspecified atom stereocenters. The van der Waals surface area contributed by atoms with E-state index in [2.05, 4.69) is 9.47 Å². The number of rotatable bonds is 4. The molecule has 1 rings (SSSR count). The molecule has 2 atom stereocenters.